The van der Waals surface area contributed by atoms with Crippen LogP contribution in [-0.2, 0) is 17.8 Å². The third-order valence-electron chi connectivity index (χ3n) is 4.50. The Labute approximate surface area is 133 Å². The fraction of sp³-hybridized carbons (Fsp3) is 0.222. The van der Waals surface area contributed by atoms with Gasteiger partial charge in [0, 0.05) is 47.2 Å². The Hall–Kier alpha value is -2.82. The molecule has 23 heavy (non-hydrogen) atoms. The number of nitrogens with zero attached hydrogens (tertiary/aromatic N) is 2. The zero-order valence-corrected chi connectivity index (χ0v) is 12.6. The summed E-state index contributed by atoms with van der Waals surface area (Å²) in [5.74, 6) is 0.195. The molecule has 0 radical (unpaired) electrons. The molecule has 5 heteroatoms. The molecule has 0 aliphatic carbocycles. The fourth-order valence-corrected chi connectivity index (χ4v) is 3.23. The van der Waals surface area contributed by atoms with Crippen molar-refractivity contribution in [1.82, 2.24) is 9.55 Å². The van der Waals surface area contributed by atoms with E-state index in [-0.39, 0.29) is 17.6 Å². The zero-order valence-electron chi connectivity index (χ0n) is 12.6. The number of carbonyl (C=O) groups excluding carboxylic acids is 1. The summed E-state index contributed by atoms with van der Waals surface area (Å²) < 4.78 is 2.10. The van der Waals surface area contributed by atoms with Gasteiger partial charge >= 0.3 is 0 Å². The first-order chi connectivity index (χ1) is 11.2. The molecule has 0 bridgehead atoms. The Morgan fingerprint density at radius 3 is 2.96 bits per heavy atom. The van der Waals surface area contributed by atoms with E-state index in [0.29, 0.717) is 6.42 Å². The number of aryl methyl sites for hydroxylation is 1. The Kier molecular flexibility index (Phi) is 3.26. The summed E-state index contributed by atoms with van der Waals surface area (Å²) in [5, 5.41) is 14.6. The molecule has 2 N–H and O–H groups in total. The molecule has 2 aromatic carbocycles. The number of aromatic nitrogens is 2. The molecule has 0 saturated carbocycles. The summed E-state index contributed by atoms with van der Waals surface area (Å²) in [6.45, 7) is 0.823. The Morgan fingerprint density at radius 1 is 1.22 bits per heavy atom. The molecule has 1 amide bonds. The molecule has 0 saturated heterocycles. The summed E-state index contributed by atoms with van der Waals surface area (Å²) in [6, 6.07) is 10.9. The fourth-order valence-electron chi connectivity index (χ4n) is 3.23. The van der Waals surface area contributed by atoms with Crippen LogP contribution >= 0.6 is 0 Å². The third-order valence-corrected chi connectivity index (χ3v) is 4.50. The smallest absolute Gasteiger partial charge is 0.227 e. The van der Waals surface area contributed by atoms with Gasteiger partial charge < -0.3 is 15.0 Å². The van der Waals surface area contributed by atoms with Crippen molar-refractivity contribution in [3.63, 3.8) is 0 Å². The van der Waals surface area contributed by atoms with E-state index >= 15 is 0 Å². The van der Waals surface area contributed by atoms with E-state index in [1.807, 2.05) is 36.8 Å². The predicted octanol–water partition coefficient (Wildman–Crippen LogP) is 2.94. The molecule has 1 aliphatic rings. The zero-order chi connectivity index (χ0) is 15.8. The van der Waals surface area contributed by atoms with Gasteiger partial charge in [0.05, 0.1) is 6.33 Å². The predicted molar refractivity (Wildman–Crippen MR) is 88.3 cm³/mol. The molecule has 5 nitrogen and oxygen atoms in total. The van der Waals surface area contributed by atoms with Gasteiger partial charge in [-0.3, -0.25) is 4.79 Å². The molecule has 1 atom stereocenters. The van der Waals surface area contributed by atoms with Crippen molar-refractivity contribution >= 4 is 22.4 Å². The number of carbonyl (C=O) groups is 1. The minimum Gasteiger partial charge on any atom is -0.507 e. The summed E-state index contributed by atoms with van der Waals surface area (Å²) >= 11 is 0. The van der Waals surface area contributed by atoms with Crippen molar-refractivity contribution in [3.8, 4) is 5.75 Å². The molecule has 3 aromatic rings. The highest BCUT2D eigenvalue weighted by Gasteiger charge is 2.25. The number of hydrogen-bond acceptors (Lipinski definition) is 3. The van der Waals surface area contributed by atoms with Crippen LogP contribution in [0.15, 0.2) is 48.9 Å². The lowest BCUT2D eigenvalue weighted by Crippen LogP contribution is -2.29. The van der Waals surface area contributed by atoms with Crippen molar-refractivity contribution in [2.45, 2.75) is 19.4 Å². The van der Waals surface area contributed by atoms with E-state index in [9.17, 15) is 9.90 Å². The van der Waals surface area contributed by atoms with Crippen LogP contribution in [-0.4, -0.2) is 20.6 Å². The number of phenols is 1. The third kappa shape index (κ3) is 2.44. The number of hydrogen-bond donors (Lipinski definition) is 2. The molecule has 2 heterocycles. The summed E-state index contributed by atoms with van der Waals surface area (Å²) in [6.07, 6.45) is 5.17. The van der Waals surface area contributed by atoms with Gasteiger partial charge in [0.1, 0.15) is 5.75 Å². The van der Waals surface area contributed by atoms with E-state index in [0.717, 1.165) is 35.1 Å². The number of imidazole rings is 1. The van der Waals surface area contributed by atoms with Gasteiger partial charge in [-0.2, -0.15) is 0 Å². The van der Waals surface area contributed by atoms with Crippen molar-refractivity contribution in [2.75, 3.05) is 5.32 Å². The second-order valence-electron chi connectivity index (χ2n) is 5.94. The van der Waals surface area contributed by atoms with Crippen LogP contribution in [0.3, 0.4) is 0 Å². The van der Waals surface area contributed by atoms with E-state index < -0.39 is 0 Å². The summed E-state index contributed by atoms with van der Waals surface area (Å²) in [7, 11) is 0. The van der Waals surface area contributed by atoms with Gasteiger partial charge in [0.15, 0.2) is 0 Å². The minimum atomic E-state index is -0.0493. The van der Waals surface area contributed by atoms with Crippen LogP contribution in [0.5, 0.6) is 5.75 Å². The lowest BCUT2D eigenvalue weighted by molar-refractivity contribution is -0.120. The molecule has 0 fully saturated rings. The molecular weight excluding hydrogens is 290 g/mol. The SMILES string of the molecule is O=C(Nc1cccc2c(O)cccc12)C1CCn2cncc2C1. The molecule has 1 aromatic heterocycles. The largest absolute Gasteiger partial charge is 0.507 e. The molecule has 116 valence electrons. The van der Waals surface area contributed by atoms with Gasteiger partial charge in [-0.15, -0.1) is 0 Å². The standard InChI is InChI=1S/C18H17N3O2/c22-17-6-2-3-14-15(17)4-1-5-16(14)20-18(23)12-7-8-21-11-19-10-13(21)9-12/h1-6,10-12,22H,7-9H2,(H,20,23). The first-order valence-corrected chi connectivity index (χ1v) is 7.73. The van der Waals surface area contributed by atoms with Crippen molar-refractivity contribution in [1.29, 1.82) is 0 Å². The number of aromatic hydroxyl groups is 1. The number of phenolic OH excluding ortho intramolecular Hbond substituents is 1. The molecule has 0 spiro atoms. The number of nitrogens with one attached hydrogen (secondary N) is 1. The van der Waals surface area contributed by atoms with Gasteiger partial charge in [-0.25, -0.2) is 4.98 Å². The Bertz CT molecular complexity index is 885. The van der Waals surface area contributed by atoms with Crippen molar-refractivity contribution < 1.29 is 9.90 Å². The van der Waals surface area contributed by atoms with Gasteiger partial charge in [-0.1, -0.05) is 24.3 Å². The summed E-state index contributed by atoms with van der Waals surface area (Å²) in [4.78, 5) is 16.8. The maximum absolute atomic E-state index is 12.6. The molecule has 1 unspecified atom stereocenters. The van der Waals surface area contributed by atoms with E-state index in [2.05, 4.69) is 14.9 Å². The number of amides is 1. The van der Waals surface area contributed by atoms with Crippen molar-refractivity contribution in [2.24, 2.45) is 5.92 Å². The van der Waals surface area contributed by atoms with E-state index in [4.69, 9.17) is 0 Å². The van der Waals surface area contributed by atoms with E-state index in [1.165, 1.54) is 0 Å². The van der Waals surface area contributed by atoms with E-state index in [1.54, 1.807) is 12.1 Å². The Morgan fingerprint density at radius 2 is 2.04 bits per heavy atom. The van der Waals surface area contributed by atoms with Gasteiger partial charge in [0.25, 0.3) is 0 Å². The second kappa shape index (κ2) is 5.43. The topological polar surface area (TPSA) is 67.2 Å². The van der Waals surface area contributed by atoms with Crippen LogP contribution in [0, 0.1) is 5.92 Å². The van der Waals surface area contributed by atoms with Crippen LogP contribution in [0.1, 0.15) is 12.1 Å². The average molecular weight is 307 g/mol. The molecular formula is C18H17N3O2. The second-order valence-corrected chi connectivity index (χ2v) is 5.94. The monoisotopic (exact) mass is 307 g/mol. The highest BCUT2D eigenvalue weighted by Crippen LogP contribution is 2.30. The Balaban J connectivity index is 1.59. The van der Waals surface area contributed by atoms with Crippen LogP contribution in [0.4, 0.5) is 5.69 Å². The number of fused-ring (bicyclic) bond motifs is 2. The van der Waals surface area contributed by atoms with Crippen molar-refractivity contribution in [3.05, 3.63) is 54.6 Å². The molecule has 1 aliphatic heterocycles. The maximum atomic E-state index is 12.6. The number of benzene rings is 2. The first kappa shape index (κ1) is 13.8. The average Bonchev–Trinajstić information content (AvgIpc) is 3.03. The minimum absolute atomic E-state index is 0.0216. The van der Waals surface area contributed by atoms with Crippen LogP contribution in [0.25, 0.3) is 10.8 Å². The highest BCUT2D eigenvalue weighted by molar-refractivity contribution is 6.04. The quantitative estimate of drug-likeness (QED) is 0.765. The highest BCUT2D eigenvalue weighted by atomic mass is 16.3. The lowest BCUT2D eigenvalue weighted by atomic mass is 9.95. The lowest BCUT2D eigenvalue weighted by Gasteiger charge is -2.23. The summed E-state index contributed by atoms with van der Waals surface area (Å²) in [5.41, 5.74) is 1.84. The first-order valence-electron chi connectivity index (χ1n) is 7.73. The molecule has 4 rings (SSSR count). The van der Waals surface area contributed by atoms with Crippen LogP contribution in [0.2, 0.25) is 0 Å². The maximum Gasteiger partial charge on any atom is 0.227 e. The number of rotatable bonds is 2. The normalized spacial score (nSPS) is 17.0. The van der Waals surface area contributed by atoms with Gasteiger partial charge in [0.2, 0.25) is 5.91 Å². The number of anilines is 1. The van der Waals surface area contributed by atoms with Crippen LogP contribution < -0.4 is 5.32 Å². The van der Waals surface area contributed by atoms with Gasteiger partial charge in [-0.05, 0) is 18.6 Å².